The van der Waals surface area contributed by atoms with Gasteiger partial charge in [-0.3, -0.25) is 14.8 Å². The van der Waals surface area contributed by atoms with Gasteiger partial charge in [-0.2, -0.15) is 0 Å². The van der Waals surface area contributed by atoms with Crippen LogP contribution >= 0.6 is 0 Å². The molecule has 1 fully saturated rings. The number of amides is 1. The van der Waals surface area contributed by atoms with Crippen molar-refractivity contribution in [2.45, 2.75) is 71.6 Å². The molecule has 1 aromatic heterocycles. The Balaban J connectivity index is 1.85. The number of benzene rings is 1. The van der Waals surface area contributed by atoms with Gasteiger partial charge in [-0.05, 0) is 85.4 Å². The van der Waals surface area contributed by atoms with Crippen molar-refractivity contribution >= 4 is 17.7 Å². The zero-order chi connectivity index (χ0) is 24.9. The van der Waals surface area contributed by atoms with Crippen molar-refractivity contribution in [1.29, 1.82) is 0 Å². The van der Waals surface area contributed by atoms with Crippen molar-refractivity contribution in [1.82, 2.24) is 9.88 Å². The van der Waals surface area contributed by atoms with E-state index in [-0.39, 0.29) is 11.3 Å². The Kier molecular flexibility index (Phi) is 8.24. The van der Waals surface area contributed by atoms with E-state index in [0.717, 1.165) is 28.9 Å². The third-order valence-corrected chi connectivity index (χ3v) is 7.11. The molecule has 180 valence electrons. The summed E-state index contributed by atoms with van der Waals surface area (Å²) in [5.74, 6) is 0.498. The SMILES string of the molecule is C=C(Cc1cc(C(=O)N(C)CC)ccc1C1(CC)CC1)/N=C\C(=C/C)c1cc(C(C)C)ccn1. The van der Waals surface area contributed by atoms with Gasteiger partial charge < -0.3 is 4.90 Å². The number of aromatic nitrogens is 1. The molecule has 1 aromatic carbocycles. The van der Waals surface area contributed by atoms with Crippen LogP contribution in [0.4, 0.5) is 0 Å². The molecule has 0 spiro atoms. The summed E-state index contributed by atoms with van der Waals surface area (Å²) >= 11 is 0. The Labute approximate surface area is 205 Å². The fourth-order valence-corrected chi connectivity index (χ4v) is 4.40. The maximum atomic E-state index is 12.8. The van der Waals surface area contributed by atoms with Gasteiger partial charge in [0, 0.05) is 49.3 Å². The predicted molar refractivity (Wildman–Crippen MR) is 144 cm³/mol. The number of pyridine rings is 1. The molecule has 3 rings (SSSR count). The minimum Gasteiger partial charge on any atom is -0.342 e. The summed E-state index contributed by atoms with van der Waals surface area (Å²) in [6.07, 6.45) is 9.90. The Morgan fingerprint density at radius 2 is 1.97 bits per heavy atom. The van der Waals surface area contributed by atoms with Gasteiger partial charge >= 0.3 is 0 Å². The molecule has 1 aliphatic carbocycles. The molecule has 0 radical (unpaired) electrons. The standard InChI is InChI=1S/C30H39N3O/c1-8-23(28-19-24(21(4)5)13-16-31-28)20-32-22(6)17-26-18-25(29(34)33(7)10-3)11-12-27(26)30(9-2)14-15-30/h8,11-13,16,18-21H,6,9-10,14-15,17H2,1-5,7H3/b23-8+,32-20-. The first-order valence-electron chi connectivity index (χ1n) is 12.5. The molecule has 1 saturated carbocycles. The topological polar surface area (TPSA) is 45.6 Å². The Morgan fingerprint density at radius 3 is 2.56 bits per heavy atom. The van der Waals surface area contributed by atoms with Crippen LogP contribution in [0.1, 0.15) is 92.5 Å². The zero-order valence-corrected chi connectivity index (χ0v) is 21.7. The first-order valence-corrected chi connectivity index (χ1v) is 12.5. The van der Waals surface area contributed by atoms with Crippen molar-refractivity contribution in [3.8, 4) is 0 Å². The Bertz CT molecular complexity index is 1110. The minimum absolute atomic E-state index is 0.0538. The van der Waals surface area contributed by atoms with Crippen LogP contribution in [0.25, 0.3) is 5.57 Å². The summed E-state index contributed by atoms with van der Waals surface area (Å²) in [6.45, 7) is 15.5. The van der Waals surface area contributed by atoms with Crippen LogP contribution in [0.2, 0.25) is 0 Å². The molecule has 4 heteroatoms. The van der Waals surface area contributed by atoms with Gasteiger partial charge in [-0.1, -0.05) is 39.5 Å². The second-order valence-corrected chi connectivity index (χ2v) is 9.70. The highest BCUT2D eigenvalue weighted by Gasteiger charge is 2.43. The van der Waals surface area contributed by atoms with E-state index in [1.165, 1.54) is 29.5 Å². The van der Waals surface area contributed by atoms with Crippen LogP contribution in [0.3, 0.4) is 0 Å². The van der Waals surface area contributed by atoms with Gasteiger partial charge in [0.1, 0.15) is 0 Å². The number of allylic oxidation sites excluding steroid dienone is 3. The van der Waals surface area contributed by atoms with Crippen LogP contribution in [-0.4, -0.2) is 35.6 Å². The quantitative estimate of drug-likeness (QED) is 0.362. The number of rotatable bonds is 10. The van der Waals surface area contributed by atoms with E-state index in [2.05, 4.69) is 56.6 Å². The molecule has 2 aromatic rings. The fraction of sp³-hybridized carbons (Fsp3) is 0.433. The van der Waals surface area contributed by atoms with Crippen LogP contribution in [-0.2, 0) is 11.8 Å². The highest BCUT2D eigenvalue weighted by Crippen LogP contribution is 2.52. The van der Waals surface area contributed by atoms with E-state index in [1.807, 2.05) is 45.4 Å². The lowest BCUT2D eigenvalue weighted by atomic mass is 9.86. The van der Waals surface area contributed by atoms with Gasteiger partial charge in [-0.15, -0.1) is 0 Å². The third-order valence-electron chi connectivity index (χ3n) is 7.11. The predicted octanol–water partition coefficient (Wildman–Crippen LogP) is 6.97. The largest absolute Gasteiger partial charge is 0.342 e. The van der Waals surface area contributed by atoms with Crippen LogP contribution in [0.15, 0.2) is 59.9 Å². The second kappa shape index (κ2) is 10.9. The third kappa shape index (κ3) is 5.72. The number of aliphatic imine (C=N–C) groups is 1. The molecule has 1 aliphatic rings. The summed E-state index contributed by atoms with van der Waals surface area (Å²) < 4.78 is 0. The first kappa shape index (κ1) is 25.6. The highest BCUT2D eigenvalue weighted by molar-refractivity contribution is 6.09. The number of nitrogens with zero attached hydrogens (tertiary/aromatic N) is 3. The molecule has 0 aliphatic heterocycles. The van der Waals surface area contributed by atoms with Crippen molar-refractivity contribution in [2.75, 3.05) is 13.6 Å². The number of carbonyl (C=O) groups excluding carboxylic acids is 1. The van der Waals surface area contributed by atoms with Gasteiger partial charge in [0.05, 0.1) is 5.69 Å². The Hall–Kier alpha value is -3.01. The van der Waals surface area contributed by atoms with Crippen LogP contribution < -0.4 is 0 Å². The average Bonchev–Trinajstić information content (AvgIpc) is 3.64. The van der Waals surface area contributed by atoms with Gasteiger partial charge in [0.25, 0.3) is 5.91 Å². The summed E-state index contributed by atoms with van der Waals surface area (Å²) in [7, 11) is 1.84. The lowest BCUT2D eigenvalue weighted by Crippen LogP contribution is -2.26. The smallest absolute Gasteiger partial charge is 0.253 e. The molecule has 34 heavy (non-hydrogen) atoms. The molecule has 1 heterocycles. The monoisotopic (exact) mass is 457 g/mol. The zero-order valence-electron chi connectivity index (χ0n) is 21.7. The van der Waals surface area contributed by atoms with Crippen LogP contribution in [0.5, 0.6) is 0 Å². The van der Waals surface area contributed by atoms with Crippen molar-refractivity contribution in [3.05, 3.63) is 82.8 Å². The maximum absolute atomic E-state index is 12.8. The summed E-state index contributed by atoms with van der Waals surface area (Å²) in [5.41, 5.74) is 7.42. The second-order valence-electron chi connectivity index (χ2n) is 9.70. The molecule has 0 bridgehead atoms. The maximum Gasteiger partial charge on any atom is 0.253 e. The molecule has 0 unspecified atom stereocenters. The molecule has 4 nitrogen and oxygen atoms in total. The average molecular weight is 458 g/mol. The molecule has 0 saturated heterocycles. The molecule has 0 atom stereocenters. The first-order chi connectivity index (χ1) is 16.2. The minimum atomic E-state index is 0.0538. The van der Waals surface area contributed by atoms with Crippen molar-refractivity contribution in [2.24, 2.45) is 4.99 Å². The molecular formula is C30H39N3O. The number of hydrogen-bond acceptors (Lipinski definition) is 3. The van der Waals surface area contributed by atoms with E-state index in [9.17, 15) is 4.79 Å². The van der Waals surface area contributed by atoms with E-state index in [1.54, 1.807) is 4.90 Å². The number of hydrogen-bond donors (Lipinski definition) is 0. The summed E-state index contributed by atoms with van der Waals surface area (Å²) in [5, 5.41) is 0. The molecule has 1 amide bonds. The van der Waals surface area contributed by atoms with Crippen molar-refractivity contribution < 1.29 is 4.79 Å². The van der Waals surface area contributed by atoms with E-state index in [0.29, 0.717) is 18.9 Å². The van der Waals surface area contributed by atoms with Gasteiger partial charge in [0.15, 0.2) is 0 Å². The number of carbonyl (C=O) groups is 1. The molecule has 0 N–H and O–H groups in total. The van der Waals surface area contributed by atoms with Gasteiger partial charge in [-0.25, -0.2) is 0 Å². The summed E-state index contributed by atoms with van der Waals surface area (Å²) in [4.78, 5) is 23.8. The van der Waals surface area contributed by atoms with Crippen LogP contribution in [0, 0.1) is 0 Å². The highest BCUT2D eigenvalue weighted by atomic mass is 16.2. The van der Waals surface area contributed by atoms with E-state index < -0.39 is 0 Å². The van der Waals surface area contributed by atoms with Crippen molar-refractivity contribution in [3.63, 3.8) is 0 Å². The lowest BCUT2D eigenvalue weighted by molar-refractivity contribution is 0.0802. The van der Waals surface area contributed by atoms with E-state index in [4.69, 9.17) is 4.99 Å². The lowest BCUT2D eigenvalue weighted by Gasteiger charge is -2.21. The normalized spacial score (nSPS) is 15.1. The molecular weight excluding hydrogens is 418 g/mol. The van der Waals surface area contributed by atoms with Gasteiger partial charge in [0.2, 0.25) is 0 Å². The Morgan fingerprint density at radius 1 is 1.24 bits per heavy atom. The van der Waals surface area contributed by atoms with E-state index >= 15 is 0 Å². The fourth-order valence-electron chi connectivity index (χ4n) is 4.40. The summed E-state index contributed by atoms with van der Waals surface area (Å²) in [6, 6.07) is 10.4.